The lowest BCUT2D eigenvalue weighted by Crippen LogP contribution is -2.46. The molecule has 134 valence electrons. The highest BCUT2D eigenvalue weighted by molar-refractivity contribution is 5.49. The van der Waals surface area contributed by atoms with E-state index in [0.29, 0.717) is 37.1 Å². The number of hydrogen-bond donors (Lipinski definition) is 0. The Morgan fingerprint density at radius 2 is 1.84 bits per heavy atom. The van der Waals surface area contributed by atoms with E-state index in [4.69, 9.17) is 4.42 Å². The van der Waals surface area contributed by atoms with Gasteiger partial charge in [0.25, 0.3) is 0 Å². The molecular weight excluding hydrogens is 333 g/mol. The highest BCUT2D eigenvalue weighted by Gasteiger charge is 2.31. The van der Waals surface area contributed by atoms with E-state index in [1.807, 2.05) is 4.90 Å². The fraction of sp³-hybridized carbons (Fsp3) is 0.529. The summed E-state index contributed by atoms with van der Waals surface area (Å²) >= 11 is 0. The maximum absolute atomic E-state index is 12.9. The van der Waals surface area contributed by atoms with E-state index in [-0.39, 0.29) is 0 Å². The topological polar surface area (TPSA) is 45.4 Å². The van der Waals surface area contributed by atoms with Gasteiger partial charge in [-0.2, -0.15) is 13.2 Å². The fourth-order valence-corrected chi connectivity index (χ4v) is 3.06. The molecule has 4 rings (SSSR count). The predicted octanol–water partition coefficient (Wildman–Crippen LogP) is 3.29. The van der Waals surface area contributed by atoms with Gasteiger partial charge in [-0.1, -0.05) is 6.07 Å². The van der Waals surface area contributed by atoms with Gasteiger partial charge in [-0.05, 0) is 31.0 Å². The van der Waals surface area contributed by atoms with Crippen molar-refractivity contribution in [2.45, 2.75) is 31.5 Å². The van der Waals surface area contributed by atoms with E-state index >= 15 is 0 Å². The fourth-order valence-electron chi connectivity index (χ4n) is 3.06. The van der Waals surface area contributed by atoms with Crippen molar-refractivity contribution in [3.8, 4) is 0 Å². The SMILES string of the molecule is FC(F)(F)c1cccc(N2CCN(Cc3nnc(C4CC4)o3)CC2)c1. The summed E-state index contributed by atoms with van der Waals surface area (Å²) < 4.78 is 44.2. The molecule has 5 nitrogen and oxygen atoms in total. The lowest BCUT2D eigenvalue weighted by atomic mass is 10.1. The van der Waals surface area contributed by atoms with Crippen LogP contribution in [0.2, 0.25) is 0 Å². The Morgan fingerprint density at radius 3 is 2.52 bits per heavy atom. The number of rotatable bonds is 4. The Balaban J connectivity index is 1.34. The third kappa shape index (κ3) is 3.78. The number of anilines is 1. The zero-order chi connectivity index (χ0) is 17.4. The maximum atomic E-state index is 12.9. The van der Waals surface area contributed by atoms with E-state index in [0.717, 1.165) is 37.9 Å². The summed E-state index contributed by atoms with van der Waals surface area (Å²) in [6.07, 6.45) is -2.07. The summed E-state index contributed by atoms with van der Waals surface area (Å²) in [5.41, 5.74) is 0.00850. The van der Waals surface area contributed by atoms with Gasteiger partial charge in [0.15, 0.2) is 0 Å². The van der Waals surface area contributed by atoms with Gasteiger partial charge in [0.1, 0.15) is 0 Å². The highest BCUT2D eigenvalue weighted by Crippen LogP contribution is 2.39. The molecule has 1 aliphatic carbocycles. The van der Waals surface area contributed by atoms with E-state index in [1.54, 1.807) is 6.07 Å². The molecule has 1 saturated carbocycles. The summed E-state index contributed by atoms with van der Waals surface area (Å²) in [7, 11) is 0. The van der Waals surface area contributed by atoms with Crippen molar-refractivity contribution in [3.63, 3.8) is 0 Å². The van der Waals surface area contributed by atoms with Crippen LogP contribution >= 0.6 is 0 Å². The van der Waals surface area contributed by atoms with Gasteiger partial charge in [-0.3, -0.25) is 4.90 Å². The second-order valence-corrected chi connectivity index (χ2v) is 6.62. The lowest BCUT2D eigenvalue weighted by Gasteiger charge is -2.35. The first kappa shape index (κ1) is 16.4. The number of alkyl halides is 3. The molecule has 1 saturated heterocycles. The maximum Gasteiger partial charge on any atom is 0.416 e. The third-order valence-electron chi connectivity index (χ3n) is 4.68. The lowest BCUT2D eigenvalue weighted by molar-refractivity contribution is -0.137. The molecule has 1 aliphatic heterocycles. The van der Waals surface area contributed by atoms with Crippen molar-refractivity contribution < 1.29 is 17.6 Å². The molecule has 1 aromatic heterocycles. The van der Waals surface area contributed by atoms with E-state index < -0.39 is 11.7 Å². The quantitative estimate of drug-likeness (QED) is 0.845. The highest BCUT2D eigenvalue weighted by atomic mass is 19.4. The third-order valence-corrected chi connectivity index (χ3v) is 4.68. The molecule has 0 unspecified atom stereocenters. The van der Waals surface area contributed by atoms with Crippen molar-refractivity contribution in [2.75, 3.05) is 31.1 Å². The summed E-state index contributed by atoms with van der Waals surface area (Å²) in [6.45, 7) is 3.43. The van der Waals surface area contributed by atoms with Crippen molar-refractivity contribution in [1.29, 1.82) is 0 Å². The Labute approximate surface area is 143 Å². The largest absolute Gasteiger partial charge is 0.424 e. The molecule has 0 amide bonds. The van der Waals surface area contributed by atoms with Gasteiger partial charge >= 0.3 is 6.18 Å². The zero-order valence-electron chi connectivity index (χ0n) is 13.7. The molecular formula is C17H19F3N4O. The van der Waals surface area contributed by atoms with Crippen LogP contribution in [0.4, 0.5) is 18.9 Å². The summed E-state index contributed by atoms with van der Waals surface area (Å²) in [4.78, 5) is 4.17. The van der Waals surface area contributed by atoms with Crippen LogP contribution in [0, 0.1) is 0 Å². The van der Waals surface area contributed by atoms with Gasteiger partial charge in [-0.25, -0.2) is 0 Å². The second-order valence-electron chi connectivity index (χ2n) is 6.62. The van der Waals surface area contributed by atoms with Gasteiger partial charge in [0.05, 0.1) is 12.1 Å². The minimum absolute atomic E-state index is 0.444. The Morgan fingerprint density at radius 1 is 1.08 bits per heavy atom. The number of hydrogen-bond acceptors (Lipinski definition) is 5. The van der Waals surface area contributed by atoms with Crippen LogP contribution in [0.5, 0.6) is 0 Å². The molecule has 8 heteroatoms. The van der Waals surface area contributed by atoms with Crippen LogP contribution < -0.4 is 4.90 Å². The molecule has 0 N–H and O–H groups in total. The Kier molecular flexibility index (Phi) is 4.15. The molecule has 2 aromatic rings. The molecule has 0 spiro atoms. The van der Waals surface area contributed by atoms with E-state index in [1.165, 1.54) is 12.1 Å². The number of aromatic nitrogens is 2. The zero-order valence-corrected chi connectivity index (χ0v) is 13.7. The first-order valence-electron chi connectivity index (χ1n) is 8.46. The Bertz CT molecular complexity index is 733. The molecule has 2 fully saturated rings. The average Bonchev–Trinajstić information content (AvgIpc) is 3.35. The summed E-state index contributed by atoms with van der Waals surface area (Å²) in [5.74, 6) is 1.80. The van der Waals surface area contributed by atoms with Crippen molar-refractivity contribution in [2.24, 2.45) is 0 Å². The standard InChI is InChI=1S/C17H19F3N4O/c18-17(19,20)13-2-1-3-14(10-13)24-8-6-23(7-9-24)11-15-21-22-16(25-15)12-4-5-12/h1-3,10,12H,4-9,11H2. The van der Waals surface area contributed by atoms with Gasteiger partial charge in [-0.15, -0.1) is 10.2 Å². The van der Waals surface area contributed by atoms with Crippen LogP contribution in [-0.2, 0) is 12.7 Å². The van der Waals surface area contributed by atoms with E-state index in [9.17, 15) is 13.2 Å². The molecule has 2 aliphatic rings. The molecule has 0 bridgehead atoms. The van der Waals surface area contributed by atoms with E-state index in [2.05, 4.69) is 15.1 Å². The predicted molar refractivity (Wildman–Crippen MR) is 85.2 cm³/mol. The van der Waals surface area contributed by atoms with Crippen LogP contribution in [-0.4, -0.2) is 41.3 Å². The Hall–Kier alpha value is -2.09. The van der Waals surface area contributed by atoms with Crippen molar-refractivity contribution in [1.82, 2.24) is 15.1 Å². The molecule has 25 heavy (non-hydrogen) atoms. The monoisotopic (exact) mass is 352 g/mol. The minimum Gasteiger partial charge on any atom is -0.424 e. The average molecular weight is 352 g/mol. The number of halogens is 3. The second kappa shape index (κ2) is 6.33. The number of benzene rings is 1. The first-order valence-corrected chi connectivity index (χ1v) is 8.46. The molecule has 0 radical (unpaired) electrons. The van der Waals surface area contributed by atoms with Crippen LogP contribution in [0.25, 0.3) is 0 Å². The summed E-state index contributed by atoms with van der Waals surface area (Å²) in [5, 5.41) is 8.17. The van der Waals surface area contributed by atoms with Crippen LogP contribution in [0.15, 0.2) is 28.7 Å². The van der Waals surface area contributed by atoms with Crippen LogP contribution in [0.1, 0.15) is 36.1 Å². The smallest absolute Gasteiger partial charge is 0.416 e. The van der Waals surface area contributed by atoms with Crippen molar-refractivity contribution in [3.05, 3.63) is 41.6 Å². The normalized spacial score (nSPS) is 19.4. The minimum atomic E-state index is -4.31. The molecule has 1 aromatic carbocycles. The van der Waals surface area contributed by atoms with Gasteiger partial charge < -0.3 is 9.32 Å². The van der Waals surface area contributed by atoms with Crippen LogP contribution in [0.3, 0.4) is 0 Å². The number of nitrogens with zero attached hydrogens (tertiary/aromatic N) is 4. The first-order chi connectivity index (χ1) is 12.0. The van der Waals surface area contributed by atoms with Crippen molar-refractivity contribution >= 4 is 5.69 Å². The van der Waals surface area contributed by atoms with Gasteiger partial charge in [0.2, 0.25) is 11.8 Å². The molecule has 2 heterocycles. The van der Waals surface area contributed by atoms with Gasteiger partial charge in [0, 0.05) is 37.8 Å². The number of piperazine rings is 1. The summed E-state index contributed by atoms with van der Waals surface area (Å²) in [6, 6.07) is 5.51. The molecule has 0 atom stereocenters.